The van der Waals surface area contributed by atoms with Gasteiger partial charge in [-0.05, 0) is 32.0 Å². The van der Waals surface area contributed by atoms with Crippen molar-refractivity contribution in [2.75, 3.05) is 13.1 Å². The third-order valence-electron chi connectivity index (χ3n) is 2.95. The van der Waals surface area contributed by atoms with E-state index in [0.29, 0.717) is 11.1 Å². The molecule has 0 aromatic heterocycles. The zero-order valence-electron chi connectivity index (χ0n) is 9.29. The molecule has 1 aliphatic rings. The Kier molecular flexibility index (Phi) is 3.10. The number of rotatable bonds is 2. The van der Waals surface area contributed by atoms with Crippen LogP contribution < -0.4 is 10.6 Å². The highest BCUT2D eigenvalue weighted by molar-refractivity contribution is 5.96. The fourth-order valence-electron chi connectivity index (χ4n) is 1.91. The molecule has 1 aromatic carbocycles. The van der Waals surface area contributed by atoms with Crippen molar-refractivity contribution in [1.82, 2.24) is 10.6 Å². The van der Waals surface area contributed by atoms with Gasteiger partial charge in [0.05, 0.1) is 0 Å². The first-order chi connectivity index (χ1) is 7.68. The van der Waals surface area contributed by atoms with E-state index in [-0.39, 0.29) is 17.7 Å². The number of phenolic OH excluding ortho intramolecular Hbond substituents is 1. The molecule has 0 saturated carbocycles. The van der Waals surface area contributed by atoms with E-state index in [1.54, 1.807) is 25.1 Å². The Morgan fingerprint density at radius 2 is 2.38 bits per heavy atom. The smallest absolute Gasteiger partial charge is 0.251 e. The van der Waals surface area contributed by atoms with Crippen LogP contribution in [0.4, 0.5) is 0 Å². The number of carbonyl (C=O) groups is 1. The molecule has 1 aromatic rings. The minimum absolute atomic E-state index is 0.109. The van der Waals surface area contributed by atoms with Crippen LogP contribution >= 0.6 is 0 Å². The maximum absolute atomic E-state index is 11.9. The molecule has 1 saturated heterocycles. The minimum Gasteiger partial charge on any atom is -0.508 e. The summed E-state index contributed by atoms with van der Waals surface area (Å²) in [6, 6.07) is 5.20. The van der Waals surface area contributed by atoms with Crippen LogP contribution in [0, 0.1) is 6.92 Å². The average Bonchev–Trinajstić information content (AvgIpc) is 2.74. The number of benzene rings is 1. The maximum Gasteiger partial charge on any atom is 0.251 e. The van der Waals surface area contributed by atoms with Crippen LogP contribution in [0.1, 0.15) is 22.3 Å². The summed E-state index contributed by atoms with van der Waals surface area (Å²) in [4.78, 5) is 11.9. The molecule has 4 nitrogen and oxygen atoms in total. The van der Waals surface area contributed by atoms with Crippen molar-refractivity contribution in [3.63, 3.8) is 0 Å². The second kappa shape index (κ2) is 4.53. The molecule has 86 valence electrons. The molecule has 2 rings (SSSR count). The van der Waals surface area contributed by atoms with Gasteiger partial charge in [-0.3, -0.25) is 4.79 Å². The summed E-state index contributed by atoms with van der Waals surface area (Å²) in [5.74, 6) is 0.0549. The number of hydrogen-bond donors (Lipinski definition) is 3. The number of hydrogen-bond acceptors (Lipinski definition) is 3. The van der Waals surface area contributed by atoms with Crippen LogP contribution in [0.2, 0.25) is 0 Å². The van der Waals surface area contributed by atoms with Gasteiger partial charge in [0.15, 0.2) is 0 Å². The Bertz CT molecular complexity index is 398. The molecular formula is C12H16N2O2. The number of nitrogens with one attached hydrogen (secondary N) is 2. The summed E-state index contributed by atoms with van der Waals surface area (Å²) in [7, 11) is 0. The summed E-state index contributed by atoms with van der Waals surface area (Å²) in [5.41, 5.74) is 1.18. The molecule has 3 N–H and O–H groups in total. The second-order valence-electron chi connectivity index (χ2n) is 4.11. The van der Waals surface area contributed by atoms with Crippen LogP contribution in [0.25, 0.3) is 0 Å². The van der Waals surface area contributed by atoms with Crippen LogP contribution in [-0.2, 0) is 0 Å². The number of amides is 1. The van der Waals surface area contributed by atoms with Crippen molar-refractivity contribution in [1.29, 1.82) is 0 Å². The van der Waals surface area contributed by atoms with E-state index in [1.165, 1.54) is 0 Å². The van der Waals surface area contributed by atoms with Gasteiger partial charge in [-0.15, -0.1) is 0 Å². The minimum atomic E-state index is -0.109. The average molecular weight is 220 g/mol. The van der Waals surface area contributed by atoms with Gasteiger partial charge in [0, 0.05) is 23.7 Å². The van der Waals surface area contributed by atoms with Crippen molar-refractivity contribution >= 4 is 5.91 Å². The highest BCUT2D eigenvalue weighted by atomic mass is 16.3. The quantitative estimate of drug-likeness (QED) is 0.690. The highest BCUT2D eigenvalue weighted by Crippen LogP contribution is 2.19. The first kappa shape index (κ1) is 11.0. The summed E-state index contributed by atoms with van der Waals surface area (Å²) in [6.45, 7) is 3.52. The largest absolute Gasteiger partial charge is 0.508 e. The van der Waals surface area contributed by atoms with Gasteiger partial charge < -0.3 is 15.7 Å². The van der Waals surface area contributed by atoms with Crippen molar-refractivity contribution in [3.05, 3.63) is 29.3 Å². The molecule has 0 spiro atoms. The molecule has 1 amide bonds. The van der Waals surface area contributed by atoms with Gasteiger partial charge >= 0.3 is 0 Å². The van der Waals surface area contributed by atoms with Gasteiger partial charge in [-0.25, -0.2) is 0 Å². The number of phenols is 1. The molecule has 4 heteroatoms. The molecule has 1 heterocycles. The van der Waals surface area contributed by atoms with E-state index in [2.05, 4.69) is 10.6 Å². The third kappa shape index (κ3) is 2.17. The molecule has 1 atom stereocenters. The molecule has 1 aliphatic heterocycles. The van der Waals surface area contributed by atoms with E-state index >= 15 is 0 Å². The normalized spacial score (nSPS) is 19.7. The monoisotopic (exact) mass is 220 g/mol. The predicted octanol–water partition coefficient (Wildman–Crippen LogP) is 0.792. The number of aromatic hydroxyl groups is 1. The van der Waals surface area contributed by atoms with E-state index < -0.39 is 0 Å². The van der Waals surface area contributed by atoms with Crippen LogP contribution in [0.15, 0.2) is 18.2 Å². The van der Waals surface area contributed by atoms with Crippen molar-refractivity contribution in [3.8, 4) is 5.75 Å². The molecule has 0 bridgehead atoms. The Balaban J connectivity index is 2.11. The van der Waals surface area contributed by atoms with Crippen molar-refractivity contribution in [2.45, 2.75) is 19.4 Å². The van der Waals surface area contributed by atoms with Gasteiger partial charge in [-0.2, -0.15) is 0 Å². The molecule has 0 aliphatic carbocycles. The lowest BCUT2D eigenvalue weighted by molar-refractivity contribution is 0.0939. The first-order valence-electron chi connectivity index (χ1n) is 5.48. The lowest BCUT2D eigenvalue weighted by Crippen LogP contribution is -2.36. The van der Waals surface area contributed by atoms with E-state index in [4.69, 9.17) is 0 Å². The van der Waals surface area contributed by atoms with Gasteiger partial charge in [0.25, 0.3) is 5.91 Å². The predicted molar refractivity (Wildman–Crippen MR) is 61.6 cm³/mol. The standard InChI is InChI=1S/C12H16N2O2/c1-8-10(3-2-4-11(8)15)12(16)14-9-5-6-13-7-9/h2-4,9,13,15H,5-7H2,1H3,(H,14,16)/t9-/m0/s1. The van der Waals surface area contributed by atoms with E-state index in [1.807, 2.05) is 0 Å². The van der Waals surface area contributed by atoms with E-state index in [0.717, 1.165) is 19.5 Å². The van der Waals surface area contributed by atoms with Gasteiger partial charge in [0.1, 0.15) is 5.75 Å². The Morgan fingerprint density at radius 3 is 3.06 bits per heavy atom. The molecule has 1 fully saturated rings. The second-order valence-corrected chi connectivity index (χ2v) is 4.11. The topological polar surface area (TPSA) is 61.4 Å². The van der Waals surface area contributed by atoms with Crippen molar-refractivity contribution < 1.29 is 9.90 Å². The Labute approximate surface area is 94.7 Å². The summed E-state index contributed by atoms with van der Waals surface area (Å²) in [6.07, 6.45) is 0.962. The molecule has 16 heavy (non-hydrogen) atoms. The van der Waals surface area contributed by atoms with Crippen LogP contribution in [-0.4, -0.2) is 30.1 Å². The van der Waals surface area contributed by atoms with Gasteiger partial charge in [0.2, 0.25) is 0 Å². The Hall–Kier alpha value is -1.55. The molecule has 0 radical (unpaired) electrons. The highest BCUT2D eigenvalue weighted by Gasteiger charge is 2.18. The number of carbonyl (C=O) groups excluding carboxylic acids is 1. The fourth-order valence-corrected chi connectivity index (χ4v) is 1.91. The lowest BCUT2D eigenvalue weighted by Gasteiger charge is -2.13. The van der Waals surface area contributed by atoms with E-state index in [9.17, 15) is 9.90 Å². The fraction of sp³-hybridized carbons (Fsp3) is 0.417. The summed E-state index contributed by atoms with van der Waals surface area (Å²) in [5, 5.41) is 15.7. The summed E-state index contributed by atoms with van der Waals surface area (Å²) < 4.78 is 0. The van der Waals surface area contributed by atoms with Crippen molar-refractivity contribution in [2.24, 2.45) is 0 Å². The zero-order chi connectivity index (χ0) is 11.5. The Morgan fingerprint density at radius 1 is 1.56 bits per heavy atom. The lowest BCUT2D eigenvalue weighted by atomic mass is 10.1. The van der Waals surface area contributed by atoms with Crippen LogP contribution in [0.3, 0.4) is 0 Å². The zero-order valence-corrected chi connectivity index (χ0v) is 9.29. The first-order valence-corrected chi connectivity index (χ1v) is 5.48. The summed E-state index contributed by atoms with van der Waals surface area (Å²) >= 11 is 0. The van der Waals surface area contributed by atoms with Crippen LogP contribution in [0.5, 0.6) is 5.75 Å². The maximum atomic E-state index is 11.9. The molecule has 0 unspecified atom stereocenters. The third-order valence-corrected chi connectivity index (χ3v) is 2.95. The van der Waals surface area contributed by atoms with Gasteiger partial charge in [-0.1, -0.05) is 6.07 Å². The molecular weight excluding hydrogens is 204 g/mol. The SMILES string of the molecule is Cc1c(O)cccc1C(=O)N[C@H]1CCNC1.